The van der Waals surface area contributed by atoms with E-state index in [1.807, 2.05) is 39.8 Å². The summed E-state index contributed by atoms with van der Waals surface area (Å²) in [6, 6.07) is 8.15. The van der Waals surface area contributed by atoms with Crippen molar-refractivity contribution in [1.82, 2.24) is 16.0 Å². The van der Waals surface area contributed by atoms with Crippen molar-refractivity contribution in [3.63, 3.8) is 0 Å². The van der Waals surface area contributed by atoms with Gasteiger partial charge in [0.25, 0.3) is 0 Å². The van der Waals surface area contributed by atoms with Gasteiger partial charge in [-0.25, -0.2) is 4.79 Å². The van der Waals surface area contributed by atoms with Crippen molar-refractivity contribution in [3.8, 4) is 0 Å². The third-order valence-corrected chi connectivity index (χ3v) is 3.34. The number of ether oxygens (including phenoxy) is 2. The minimum Gasteiger partial charge on any atom is -0.444 e. The van der Waals surface area contributed by atoms with Crippen LogP contribution in [0, 0.1) is 0 Å². The first-order valence-corrected chi connectivity index (χ1v) is 8.91. The number of hydrogen-bond donors (Lipinski definition) is 3. The second-order valence-corrected chi connectivity index (χ2v) is 6.69. The summed E-state index contributed by atoms with van der Waals surface area (Å²) in [6.07, 6.45) is -0.424. The van der Waals surface area contributed by atoms with Crippen LogP contribution in [0.25, 0.3) is 0 Å². The molecule has 0 radical (unpaired) electrons. The van der Waals surface area contributed by atoms with Gasteiger partial charge < -0.3 is 25.4 Å². The average molecular weight is 492 g/mol. The van der Waals surface area contributed by atoms with E-state index < -0.39 is 11.7 Å². The maximum atomic E-state index is 11.6. The van der Waals surface area contributed by atoms with Gasteiger partial charge in [-0.05, 0) is 38.8 Å². The lowest BCUT2D eigenvalue weighted by atomic mass is 10.1. The lowest BCUT2D eigenvalue weighted by Crippen LogP contribution is -2.42. The highest BCUT2D eigenvalue weighted by atomic mass is 127. The zero-order valence-electron chi connectivity index (χ0n) is 16.9. The Hall–Kier alpha value is -1.55. The van der Waals surface area contributed by atoms with Crippen molar-refractivity contribution >= 4 is 36.0 Å². The number of carbonyl (C=O) groups is 1. The van der Waals surface area contributed by atoms with E-state index in [0.29, 0.717) is 38.8 Å². The van der Waals surface area contributed by atoms with Gasteiger partial charge in [0.2, 0.25) is 0 Å². The Labute approximate surface area is 179 Å². The molecular formula is C19H33IN4O3. The van der Waals surface area contributed by atoms with E-state index in [1.54, 1.807) is 7.05 Å². The Morgan fingerprint density at radius 2 is 1.70 bits per heavy atom. The maximum absolute atomic E-state index is 11.6. The molecule has 8 heteroatoms. The molecule has 0 aromatic heterocycles. The van der Waals surface area contributed by atoms with Crippen molar-refractivity contribution in [2.45, 2.75) is 46.4 Å². The first kappa shape index (κ1) is 25.4. The van der Waals surface area contributed by atoms with Crippen molar-refractivity contribution < 1.29 is 14.3 Å². The number of nitrogens with one attached hydrogen (secondary N) is 3. The number of carbonyl (C=O) groups excluding carboxylic acids is 1. The molecule has 0 aliphatic rings. The van der Waals surface area contributed by atoms with Crippen LogP contribution in [0.15, 0.2) is 29.3 Å². The summed E-state index contributed by atoms with van der Waals surface area (Å²) in [4.78, 5) is 15.8. The number of benzene rings is 1. The van der Waals surface area contributed by atoms with Crippen molar-refractivity contribution in [2.75, 3.05) is 26.7 Å². The molecule has 0 spiro atoms. The summed E-state index contributed by atoms with van der Waals surface area (Å²) in [5.41, 5.74) is 1.82. The molecule has 27 heavy (non-hydrogen) atoms. The molecule has 1 aromatic carbocycles. The lowest BCUT2D eigenvalue weighted by molar-refractivity contribution is 0.0529. The van der Waals surface area contributed by atoms with Gasteiger partial charge in [0.05, 0.1) is 6.61 Å². The molecule has 7 nitrogen and oxygen atoms in total. The molecular weight excluding hydrogens is 459 g/mol. The number of alkyl carbamates (subject to hydrolysis) is 1. The predicted octanol–water partition coefficient (Wildman–Crippen LogP) is 3.03. The van der Waals surface area contributed by atoms with E-state index in [1.165, 1.54) is 0 Å². The smallest absolute Gasteiger partial charge is 0.407 e. The number of guanidine groups is 1. The van der Waals surface area contributed by atoms with E-state index in [2.05, 4.69) is 33.1 Å². The molecule has 0 heterocycles. The summed E-state index contributed by atoms with van der Waals surface area (Å²) in [5, 5.41) is 9.13. The van der Waals surface area contributed by atoms with Crippen LogP contribution in [-0.2, 0) is 22.6 Å². The molecule has 1 rings (SSSR count). The quantitative estimate of drug-likeness (QED) is 0.225. The van der Waals surface area contributed by atoms with Crippen LogP contribution in [0.4, 0.5) is 4.79 Å². The summed E-state index contributed by atoms with van der Waals surface area (Å²) in [6.45, 7) is 10.4. The zero-order chi connectivity index (χ0) is 19.4. The Balaban J connectivity index is 0.00000676. The highest BCUT2D eigenvalue weighted by molar-refractivity contribution is 14.0. The summed E-state index contributed by atoms with van der Waals surface area (Å²) in [7, 11) is 1.71. The number of rotatable bonds is 8. The van der Waals surface area contributed by atoms with Crippen LogP contribution in [0.2, 0.25) is 0 Å². The predicted molar refractivity (Wildman–Crippen MR) is 120 cm³/mol. The number of nitrogens with zero attached hydrogens (tertiary/aromatic N) is 1. The SMILES string of the molecule is CCOCc1ccccc1CNC(=NC)NCCNC(=O)OC(C)(C)C.I. The molecule has 0 atom stereocenters. The Morgan fingerprint density at radius 3 is 2.30 bits per heavy atom. The van der Waals surface area contributed by atoms with E-state index >= 15 is 0 Å². The molecule has 0 saturated carbocycles. The van der Waals surface area contributed by atoms with Crippen molar-refractivity contribution in [1.29, 1.82) is 0 Å². The molecule has 1 amide bonds. The van der Waals surface area contributed by atoms with Gasteiger partial charge in [-0.2, -0.15) is 0 Å². The fourth-order valence-electron chi connectivity index (χ4n) is 2.14. The number of aliphatic imine (C=N–C) groups is 1. The standard InChI is InChI=1S/C19H32N4O3.HI/c1-6-25-14-16-10-8-7-9-15(16)13-23-17(20-5)21-11-12-22-18(24)26-19(2,3)4;/h7-10H,6,11-14H2,1-5H3,(H,22,24)(H2,20,21,23);1H. The summed E-state index contributed by atoms with van der Waals surface area (Å²) < 4.78 is 10.7. The first-order chi connectivity index (χ1) is 12.4. The van der Waals surface area contributed by atoms with Gasteiger partial charge in [-0.3, -0.25) is 4.99 Å². The minimum absolute atomic E-state index is 0. The van der Waals surface area contributed by atoms with Crippen molar-refractivity contribution in [2.24, 2.45) is 4.99 Å². The maximum Gasteiger partial charge on any atom is 0.407 e. The monoisotopic (exact) mass is 492 g/mol. The average Bonchev–Trinajstić information content (AvgIpc) is 2.58. The molecule has 0 unspecified atom stereocenters. The first-order valence-electron chi connectivity index (χ1n) is 8.91. The number of hydrogen-bond acceptors (Lipinski definition) is 4. The molecule has 3 N–H and O–H groups in total. The molecule has 0 fully saturated rings. The zero-order valence-corrected chi connectivity index (χ0v) is 19.3. The molecule has 154 valence electrons. The van der Waals surface area contributed by atoms with Crippen LogP contribution < -0.4 is 16.0 Å². The van der Waals surface area contributed by atoms with Crippen LogP contribution in [0.1, 0.15) is 38.8 Å². The second-order valence-electron chi connectivity index (χ2n) is 6.69. The number of amides is 1. The largest absolute Gasteiger partial charge is 0.444 e. The van der Waals surface area contributed by atoms with Gasteiger partial charge in [-0.15, -0.1) is 24.0 Å². The lowest BCUT2D eigenvalue weighted by Gasteiger charge is -2.20. The highest BCUT2D eigenvalue weighted by Crippen LogP contribution is 2.10. The fraction of sp³-hybridized carbons (Fsp3) is 0.579. The van der Waals surface area contributed by atoms with Gasteiger partial charge in [-0.1, -0.05) is 24.3 Å². The van der Waals surface area contributed by atoms with Crippen LogP contribution in [-0.4, -0.2) is 44.4 Å². The Bertz CT molecular complexity index is 589. The Morgan fingerprint density at radius 1 is 1.07 bits per heavy atom. The highest BCUT2D eigenvalue weighted by Gasteiger charge is 2.15. The van der Waals surface area contributed by atoms with Crippen LogP contribution >= 0.6 is 24.0 Å². The van der Waals surface area contributed by atoms with Crippen LogP contribution in [0.3, 0.4) is 0 Å². The fourth-order valence-corrected chi connectivity index (χ4v) is 2.14. The van der Waals surface area contributed by atoms with E-state index in [0.717, 1.165) is 11.1 Å². The molecule has 0 saturated heterocycles. The van der Waals surface area contributed by atoms with Gasteiger partial charge in [0, 0.05) is 33.3 Å². The van der Waals surface area contributed by atoms with Crippen molar-refractivity contribution in [3.05, 3.63) is 35.4 Å². The third kappa shape index (κ3) is 11.7. The van der Waals surface area contributed by atoms with Gasteiger partial charge in [0.1, 0.15) is 5.60 Å². The summed E-state index contributed by atoms with van der Waals surface area (Å²) in [5.74, 6) is 0.669. The number of halogens is 1. The molecule has 0 aliphatic heterocycles. The summed E-state index contributed by atoms with van der Waals surface area (Å²) >= 11 is 0. The normalized spacial score (nSPS) is 11.4. The minimum atomic E-state index is -0.496. The van der Waals surface area contributed by atoms with E-state index in [4.69, 9.17) is 9.47 Å². The third-order valence-electron chi connectivity index (χ3n) is 3.34. The van der Waals surface area contributed by atoms with Gasteiger partial charge in [0.15, 0.2) is 5.96 Å². The van der Waals surface area contributed by atoms with Crippen LogP contribution in [0.5, 0.6) is 0 Å². The second kappa shape index (κ2) is 13.6. The topological polar surface area (TPSA) is 84.0 Å². The molecule has 0 aliphatic carbocycles. The van der Waals surface area contributed by atoms with Gasteiger partial charge >= 0.3 is 6.09 Å². The van der Waals surface area contributed by atoms with E-state index in [-0.39, 0.29) is 24.0 Å². The molecule has 1 aromatic rings. The van der Waals surface area contributed by atoms with E-state index in [9.17, 15) is 4.79 Å². The molecule has 0 bridgehead atoms. The Kier molecular flexibility index (Phi) is 12.8.